The van der Waals surface area contributed by atoms with Gasteiger partial charge in [-0.25, -0.2) is 15.0 Å². The van der Waals surface area contributed by atoms with Gasteiger partial charge in [0.05, 0.1) is 33.1 Å². The molecule has 12 aromatic carbocycles. The lowest BCUT2D eigenvalue weighted by Crippen LogP contribution is -1.98. The molecule has 15 nitrogen and oxygen atoms in total. The van der Waals surface area contributed by atoms with Crippen LogP contribution in [-0.2, 0) is 0 Å². The molecule has 12 aromatic heterocycles. The maximum Gasteiger partial charge on any atom is 0.145 e. The average Bonchev–Trinajstić information content (AvgIpc) is 1.60. The summed E-state index contributed by atoms with van der Waals surface area (Å²) in [6.45, 7) is 0. The first-order chi connectivity index (χ1) is 66.9. The van der Waals surface area contributed by atoms with Crippen LogP contribution in [0.3, 0.4) is 0 Å². The molecule has 0 saturated carbocycles. The number of fused-ring (bicyclic) bond motifs is 3. The summed E-state index contributed by atoms with van der Waals surface area (Å²) in [5.41, 5.74) is 37.8. The smallest absolute Gasteiger partial charge is 0.145 e. The largest absolute Gasteiger partial charge is 0.292 e. The van der Waals surface area contributed by atoms with Crippen molar-refractivity contribution in [3.8, 4) is 185 Å². The summed E-state index contributed by atoms with van der Waals surface area (Å²) in [5.74, 6) is 2.64. The molecule has 24 rings (SSSR count). The Morgan fingerprint density at radius 2 is 0.274 bits per heavy atom. The van der Waals surface area contributed by atoms with Crippen molar-refractivity contribution in [2.75, 3.05) is 0 Å². The lowest BCUT2D eigenvalue weighted by molar-refractivity contribution is 1.10. The molecular weight excluding hydrogens is 1650 g/mol. The van der Waals surface area contributed by atoms with Gasteiger partial charge in [-0.05, 0) is 320 Å². The van der Waals surface area contributed by atoms with E-state index in [9.17, 15) is 0 Å². The number of pyridine rings is 9. The predicted molar refractivity (Wildman–Crippen MR) is 545 cm³/mol. The Balaban J connectivity index is 0.000000122. The molecule has 0 aliphatic heterocycles. The van der Waals surface area contributed by atoms with Crippen molar-refractivity contribution in [3.05, 3.63) is 494 Å². The molecule has 135 heavy (non-hydrogen) atoms. The molecule has 0 radical (unpaired) electrons. The van der Waals surface area contributed by atoms with Gasteiger partial charge >= 0.3 is 0 Å². The third-order valence-electron chi connectivity index (χ3n) is 24.1. The Morgan fingerprint density at radius 3 is 0.437 bits per heavy atom. The molecule has 24 aromatic rings. The highest BCUT2D eigenvalue weighted by molar-refractivity contribution is 5.94. The summed E-state index contributed by atoms with van der Waals surface area (Å²) >= 11 is 0. The molecule has 0 bridgehead atoms. The quantitative estimate of drug-likeness (QED) is 0.0798. The molecule has 0 spiro atoms. The fraction of sp³-hybridized carbons (Fsp3) is 0. The number of nitrogens with zero attached hydrogens (tertiary/aromatic N) is 15. The Kier molecular flexibility index (Phi) is 22.9. The first kappa shape index (κ1) is 82.1. The molecule has 15 heteroatoms. The topological polar surface area (TPSA) is 169 Å². The van der Waals surface area contributed by atoms with Crippen molar-refractivity contribution in [3.63, 3.8) is 0 Å². The summed E-state index contributed by atoms with van der Waals surface area (Å²) in [7, 11) is 0. The summed E-state index contributed by atoms with van der Waals surface area (Å²) in [5, 5.41) is 0. The predicted octanol–water partition coefficient (Wildman–Crippen LogP) is 28.6. The van der Waals surface area contributed by atoms with Crippen molar-refractivity contribution < 1.29 is 0 Å². The SMILES string of the molecule is c1ccc(-n2c(-c3cc(-c4cc(-c5cccnc5)cc(-c5cccnc5)c4)cc(-c4cc(-c5cccnc5)cc(-c5cccnc5)c4)c3)nc3ccccc32)cc1.c1ccc(-n2c(-c3cc(-c4cccnc4)cc(-c4cc(-c5cccnc5)cc(-c5cccnc5)c4)c3)nc3ccccc32)cc1.c1ccc(-n2c(-c3cc(-c4cccnc4)cc(-c4cccnc4)c3)nc3ccccc32)cc1. The molecule has 0 unspecified atom stereocenters. The van der Waals surface area contributed by atoms with E-state index in [0.29, 0.717) is 0 Å². The van der Waals surface area contributed by atoms with Crippen molar-refractivity contribution in [1.82, 2.24) is 73.5 Å². The van der Waals surface area contributed by atoms with Crippen LogP contribution < -0.4 is 0 Å². The van der Waals surface area contributed by atoms with Crippen LogP contribution >= 0.6 is 0 Å². The number of rotatable bonds is 18. The first-order valence-electron chi connectivity index (χ1n) is 44.6. The zero-order valence-electron chi connectivity index (χ0n) is 73.0. The minimum Gasteiger partial charge on any atom is -0.292 e. The van der Waals surface area contributed by atoms with E-state index in [1.165, 1.54) is 0 Å². The van der Waals surface area contributed by atoms with E-state index in [4.69, 9.17) is 15.0 Å². The number of hydrogen-bond acceptors (Lipinski definition) is 12. The normalized spacial score (nSPS) is 11.1. The molecule has 12 heterocycles. The van der Waals surface area contributed by atoms with Crippen molar-refractivity contribution in [1.29, 1.82) is 0 Å². The fourth-order valence-electron chi connectivity index (χ4n) is 17.6. The highest BCUT2D eigenvalue weighted by Crippen LogP contribution is 2.44. The maximum atomic E-state index is 5.32. The second-order valence-corrected chi connectivity index (χ2v) is 32.8. The van der Waals surface area contributed by atoms with Gasteiger partial charge in [-0.15, -0.1) is 0 Å². The summed E-state index contributed by atoms with van der Waals surface area (Å²) < 4.78 is 6.73. The van der Waals surface area contributed by atoms with Crippen LogP contribution in [0.15, 0.2) is 494 Å². The van der Waals surface area contributed by atoms with E-state index in [0.717, 1.165) is 218 Å². The van der Waals surface area contributed by atoms with Gasteiger partial charge in [-0.1, -0.05) is 146 Å². The van der Waals surface area contributed by atoms with E-state index in [1.54, 1.807) is 31.0 Å². The summed E-state index contributed by atoms with van der Waals surface area (Å²) in [4.78, 5) is 55.3. The number of hydrogen-bond donors (Lipinski definition) is 0. The number of aromatic nitrogens is 15. The van der Waals surface area contributed by atoms with E-state index in [2.05, 4.69) is 350 Å². The van der Waals surface area contributed by atoms with Gasteiger partial charge in [0.1, 0.15) is 17.5 Å². The fourth-order valence-corrected chi connectivity index (χ4v) is 17.6. The lowest BCUT2D eigenvalue weighted by Gasteiger charge is -2.16. The monoisotopic (exact) mass is 1730 g/mol. The van der Waals surface area contributed by atoms with Crippen LogP contribution in [0.5, 0.6) is 0 Å². The number of benzene rings is 12. The van der Waals surface area contributed by atoms with E-state index < -0.39 is 0 Å². The molecule has 0 aliphatic rings. The van der Waals surface area contributed by atoms with Crippen LogP contribution in [0.1, 0.15) is 0 Å². The number of imidazole rings is 3. The Morgan fingerprint density at radius 1 is 0.126 bits per heavy atom. The molecule has 0 amide bonds. The van der Waals surface area contributed by atoms with Crippen LogP contribution in [-0.4, -0.2) is 73.5 Å². The zero-order chi connectivity index (χ0) is 90.0. The average molecular weight is 1730 g/mol. The molecular formula is C120H81N15. The van der Waals surface area contributed by atoms with E-state index >= 15 is 0 Å². The molecule has 636 valence electrons. The molecule has 0 aliphatic carbocycles. The highest BCUT2D eigenvalue weighted by Gasteiger charge is 2.24. The van der Waals surface area contributed by atoms with Gasteiger partial charge in [-0.2, -0.15) is 0 Å². The number of para-hydroxylation sites is 9. The van der Waals surface area contributed by atoms with Gasteiger partial charge in [0, 0.05) is 195 Å². The third-order valence-corrected chi connectivity index (χ3v) is 24.1. The summed E-state index contributed by atoms with van der Waals surface area (Å²) in [6, 6.07) is 133. The third kappa shape index (κ3) is 17.6. The first-order valence-corrected chi connectivity index (χ1v) is 44.6. The van der Waals surface area contributed by atoms with Crippen LogP contribution in [0, 0.1) is 0 Å². The van der Waals surface area contributed by atoms with Gasteiger partial charge in [-0.3, -0.25) is 58.6 Å². The van der Waals surface area contributed by atoms with Gasteiger partial charge in [0.25, 0.3) is 0 Å². The van der Waals surface area contributed by atoms with Crippen LogP contribution in [0.25, 0.3) is 218 Å². The van der Waals surface area contributed by atoms with Gasteiger partial charge < -0.3 is 0 Å². The van der Waals surface area contributed by atoms with Gasteiger partial charge in [0.15, 0.2) is 0 Å². The second-order valence-electron chi connectivity index (χ2n) is 32.8. The zero-order valence-corrected chi connectivity index (χ0v) is 73.0. The summed E-state index contributed by atoms with van der Waals surface area (Å²) in [6.07, 6.45) is 33.4. The molecule has 0 fully saturated rings. The Bertz CT molecular complexity index is 7910. The van der Waals surface area contributed by atoms with Crippen LogP contribution in [0.2, 0.25) is 0 Å². The van der Waals surface area contributed by atoms with Crippen LogP contribution in [0.4, 0.5) is 0 Å². The van der Waals surface area contributed by atoms with E-state index in [-0.39, 0.29) is 0 Å². The standard InChI is InChI=1S/C51H34N6.C40H27N5.C29H20N4/c1-2-14-48(15-3-1)57-50-17-5-4-16-49(50)56-51(57)47-29-45(43-24-39(35-10-6-18-52-31-35)22-40(25-43)36-11-7-19-53-32-36)28-46(30-47)44-26-41(37-12-8-20-54-33-37)23-42(27-44)38-13-9-21-55-34-38;1-2-12-37(13-3-1)45-39-15-5-4-14-38(39)44-40(45)36-23-33(30-11-8-18-43-27-30)22-35(24-36)34-20-31(28-9-6-16-41-25-28)19-32(21-34)29-10-7-17-42-26-29;1-2-10-26(11-3-1)33-28-13-5-4-12-27(28)32-29(33)25-17-23(21-8-6-14-30-19-21)16-24(18-25)22-9-7-15-31-20-22/h1-34H;1-27H;1-20H. The lowest BCUT2D eigenvalue weighted by atomic mass is 9.89. The minimum absolute atomic E-state index is 0.859. The Labute approximate surface area is 780 Å². The van der Waals surface area contributed by atoms with Crippen molar-refractivity contribution >= 4 is 33.1 Å². The van der Waals surface area contributed by atoms with E-state index in [1.807, 2.05) is 172 Å². The van der Waals surface area contributed by atoms with Gasteiger partial charge in [0.2, 0.25) is 0 Å². The maximum absolute atomic E-state index is 5.32. The molecule has 0 atom stereocenters. The highest BCUT2D eigenvalue weighted by atomic mass is 15.1. The Hall–Kier alpha value is -18.6. The minimum atomic E-state index is 0.859. The second kappa shape index (κ2) is 37.6. The van der Waals surface area contributed by atoms with Crippen molar-refractivity contribution in [2.24, 2.45) is 0 Å². The molecule has 0 N–H and O–H groups in total. The molecule has 0 saturated heterocycles. The van der Waals surface area contributed by atoms with Crippen molar-refractivity contribution in [2.45, 2.75) is 0 Å².